The summed E-state index contributed by atoms with van der Waals surface area (Å²) in [6, 6.07) is 4.10. The minimum Gasteiger partial charge on any atom is -0.266 e. The van der Waals surface area contributed by atoms with Gasteiger partial charge in [-0.15, -0.1) is 0 Å². The van der Waals surface area contributed by atoms with Crippen LogP contribution in [0, 0.1) is 6.92 Å². The molecule has 2 aromatic rings. The fraction of sp³-hybridized carbons (Fsp3) is 0.333. The molecule has 78 valence electrons. The Hall–Kier alpha value is -1.64. The van der Waals surface area contributed by atoms with Gasteiger partial charge in [0.15, 0.2) is 0 Å². The third kappa shape index (κ3) is 1.65. The molecule has 2 aromatic heterocycles. The van der Waals surface area contributed by atoms with Crippen molar-refractivity contribution in [1.82, 2.24) is 14.8 Å². The molecule has 0 atom stereocenters. The largest absolute Gasteiger partial charge is 0.266 e. The first kappa shape index (κ1) is 9.90. The first-order valence-corrected chi connectivity index (χ1v) is 5.17. The van der Waals surface area contributed by atoms with E-state index in [-0.39, 0.29) is 0 Å². The van der Waals surface area contributed by atoms with Gasteiger partial charge in [-0.25, -0.2) is 0 Å². The summed E-state index contributed by atoms with van der Waals surface area (Å²) < 4.78 is 1.89. The summed E-state index contributed by atoms with van der Waals surface area (Å²) in [5.74, 6) is 0. The van der Waals surface area contributed by atoms with Crippen LogP contribution in [0.15, 0.2) is 24.5 Å². The highest BCUT2D eigenvalue weighted by molar-refractivity contribution is 5.62. The van der Waals surface area contributed by atoms with Gasteiger partial charge in [0.1, 0.15) is 0 Å². The van der Waals surface area contributed by atoms with Gasteiger partial charge >= 0.3 is 0 Å². The van der Waals surface area contributed by atoms with E-state index in [0.29, 0.717) is 0 Å². The minimum absolute atomic E-state index is 0.994. The van der Waals surface area contributed by atoms with Crippen LogP contribution in [-0.4, -0.2) is 14.8 Å². The number of aromatic nitrogens is 3. The Morgan fingerprint density at radius 3 is 2.80 bits per heavy atom. The lowest BCUT2D eigenvalue weighted by atomic mass is 10.1. The van der Waals surface area contributed by atoms with E-state index in [9.17, 15) is 0 Å². The molecule has 0 spiro atoms. The smallest absolute Gasteiger partial charge is 0.0917 e. The normalized spacial score (nSPS) is 10.6. The Bertz CT molecular complexity index is 452. The van der Waals surface area contributed by atoms with Crippen molar-refractivity contribution < 1.29 is 0 Å². The average molecular weight is 201 g/mol. The second kappa shape index (κ2) is 3.85. The molecule has 2 heterocycles. The Morgan fingerprint density at radius 2 is 2.20 bits per heavy atom. The van der Waals surface area contributed by atoms with Crippen molar-refractivity contribution >= 4 is 0 Å². The van der Waals surface area contributed by atoms with Crippen LogP contribution in [-0.2, 0) is 13.5 Å². The van der Waals surface area contributed by atoms with Crippen LogP contribution in [0.1, 0.15) is 18.1 Å². The molecule has 0 aromatic carbocycles. The maximum absolute atomic E-state index is 4.45. The van der Waals surface area contributed by atoms with Crippen LogP contribution < -0.4 is 0 Å². The SMILES string of the molecule is CCc1cccnc1-c1c(C)cnn1C. The third-order valence-electron chi connectivity index (χ3n) is 2.62. The van der Waals surface area contributed by atoms with Gasteiger partial charge < -0.3 is 0 Å². The lowest BCUT2D eigenvalue weighted by molar-refractivity contribution is 0.771. The second-order valence-electron chi connectivity index (χ2n) is 3.66. The number of hydrogen-bond acceptors (Lipinski definition) is 2. The number of aryl methyl sites for hydroxylation is 3. The molecular formula is C12H15N3. The molecule has 0 amide bonds. The van der Waals surface area contributed by atoms with E-state index >= 15 is 0 Å². The monoisotopic (exact) mass is 201 g/mol. The number of hydrogen-bond donors (Lipinski definition) is 0. The lowest BCUT2D eigenvalue weighted by Crippen LogP contribution is -1.99. The lowest BCUT2D eigenvalue weighted by Gasteiger charge is -2.07. The molecule has 0 aliphatic heterocycles. The van der Waals surface area contributed by atoms with Gasteiger partial charge in [0.05, 0.1) is 17.6 Å². The van der Waals surface area contributed by atoms with Gasteiger partial charge in [-0.1, -0.05) is 13.0 Å². The third-order valence-corrected chi connectivity index (χ3v) is 2.62. The molecule has 0 unspecified atom stereocenters. The summed E-state index contributed by atoms with van der Waals surface area (Å²) in [5, 5.41) is 4.24. The average Bonchev–Trinajstić information content (AvgIpc) is 2.59. The van der Waals surface area contributed by atoms with Crippen molar-refractivity contribution in [2.24, 2.45) is 7.05 Å². The number of rotatable bonds is 2. The fourth-order valence-electron chi connectivity index (χ4n) is 1.82. The quantitative estimate of drug-likeness (QED) is 0.746. The van der Waals surface area contributed by atoms with Gasteiger partial charge in [0.2, 0.25) is 0 Å². The van der Waals surface area contributed by atoms with Gasteiger partial charge in [-0.3, -0.25) is 9.67 Å². The zero-order chi connectivity index (χ0) is 10.8. The van der Waals surface area contributed by atoms with Crippen LogP contribution in [0.4, 0.5) is 0 Å². The topological polar surface area (TPSA) is 30.7 Å². The zero-order valence-electron chi connectivity index (χ0n) is 9.36. The highest BCUT2D eigenvalue weighted by atomic mass is 15.3. The molecule has 0 aliphatic carbocycles. The van der Waals surface area contributed by atoms with Crippen molar-refractivity contribution in [2.75, 3.05) is 0 Å². The zero-order valence-corrected chi connectivity index (χ0v) is 9.36. The molecular weight excluding hydrogens is 186 g/mol. The van der Waals surface area contributed by atoms with E-state index in [2.05, 4.69) is 30.0 Å². The predicted octanol–water partition coefficient (Wildman–Crippen LogP) is 2.35. The van der Waals surface area contributed by atoms with Gasteiger partial charge in [0.25, 0.3) is 0 Å². The van der Waals surface area contributed by atoms with E-state index < -0.39 is 0 Å². The van der Waals surface area contributed by atoms with E-state index in [1.165, 1.54) is 11.1 Å². The van der Waals surface area contributed by atoms with Gasteiger partial charge in [-0.05, 0) is 30.5 Å². The van der Waals surface area contributed by atoms with Crippen molar-refractivity contribution in [3.05, 3.63) is 35.7 Å². The van der Waals surface area contributed by atoms with Gasteiger partial charge in [-0.2, -0.15) is 5.10 Å². The number of pyridine rings is 1. The van der Waals surface area contributed by atoms with Crippen LogP contribution in [0.5, 0.6) is 0 Å². The second-order valence-corrected chi connectivity index (χ2v) is 3.66. The van der Waals surface area contributed by atoms with Crippen molar-refractivity contribution in [3.63, 3.8) is 0 Å². The molecule has 0 radical (unpaired) electrons. The molecule has 3 heteroatoms. The van der Waals surface area contributed by atoms with Crippen LogP contribution in [0.3, 0.4) is 0 Å². The Kier molecular flexibility index (Phi) is 2.54. The summed E-state index contributed by atoms with van der Waals surface area (Å²) in [7, 11) is 1.95. The van der Waals surface area contributed by atoms with Crippen molar-refractivity contribution in [2.45, 2.75) is 20.3 Å². The molecule has 0 saturated carbocycles. The maximum Gasteiger partial charge on any atom is 0.0917 e. The molecule has 0 N–H and O–H groups in total. The van der Waals surface area contributed by atoms with E-state index in [4.69, 9.17) is 0 Å². The van der Waals surface area contributed by atoms with E-state index in [1.54, 1.807) is 0 Å². The Labute approximate surface area is 89.8 Å². The molecule has 2 rings (SSSR count). The Morgan fingerprint density at radius 1 is 1.40 bits per heavy atom. The summed E-state index contributed by atoms with van der Waals surface area (Å²) in [5.41, 5.74) is 4.61. The summed E-state index contributed by atoms with van der Waals surface area (Å²) in [6.45, 7) is 4.21. The van der Waals surface area contributed by atoms with Crippen LogP contribution in [0.25, 0.3) is 11.4 Å². The van der Waals surface area contributed by atoms with Crippen molar-refractivity contribution in [1.29, 1.82) is 0 Å². The Balaban J connectivity index is 2.63. The summed E-state index contributed by atoms with van der Waals surface area (Å²) in [6.07, 6.45) is 4.71. The fourth-order valence-corrected chi connectivity index (χ4v) is 1.82. The molecule has 3 nitrogen and oxygen atoms in total. The van der Waals surface area contributed by atoms with Crippen LogP contribution >= 0.6 is 0 Å². The minimum atomic E-state index is 0.994. The van der Waals surface area contributed by atoms with Crippen LogP contribution in [0.2, 0.25) is 0 Å². The number of nitrogens with zero attached hydrogens (tertiary/aromatic N) is 3. The van der Waals surface area contributed by atoms with E-state index in [1.807, 2.05) is 30.2 Å². The van der Waals surface area contributed by atoms with Gasteiger partial charge in [0, 0.05) is 13.2 Å². The standard InChI is InChI=1S/C12H15N3/c1-4-10-6-5-7-13-11(10)12-9(2)8-14-15(12)3/h5-8H,4H2,1-3H3. The van der Waals surface area contributed by atoms with Crippen molar-refractivity contribution in [3.8, 4) is 11.4 Å². The molecule has 0 aliphatic rings. The highest BCUT2D eigenvalue weighted by Gasteiger charge is 2.11. The summed E-state index contributed by atoms with van der Waals surface area (Å²) >= 11 is 0. The predicted molar refractivity (Wildman–Crippen MR) is 60.6 cm³/mol. The molecule has 0 bridgehead atoms. The first-order valence-electron chi connectivity index (χ1n) is 5.17. The molecule has 15 heavy (non-hydrogen) atoms. The molecule has 0 saturated heterocycles. The molecule has 0 fully saturated rings. The maximum atomic E-state index is 4.45. The van der Waals surface area contributed by atoms with E-state index in [0.717, 1.165) is 17.8 Å². The summed E-state index contributed by atoms with van der Waals surface area (Å²) in [4.78, 5) is 4.45. The first-order chi connectivity index (χ1) is 7.24. The highest BCUT2D eigenvalue weighted by Crippen LogP contribution is 2.23.